The lowest BCUT2D eigenvalue weighted by atomic mass is 9.86. The summed E-state index contributed by atoms with van der Waals surface area (Å²) in [5, 5.41) is 20.3. The molecule has 640 valence electrons. The number of benzene rings is 20. The third-order valence-electron chi connectivity index (χ3n) is 27.9. The smallest absolute Gasteiger partial charge is 0.221 e. The molecule has 0 aliphatic rings. The van der Waals surface area contributed by atoms with E-state index in [-0.39, 0.29) is 5.41 Å². The van der Waals surface area contributed by atoms with Gasteiger partial charge in [-0.25, -0.2) is 29.9 Å². The van der Waals surface area contributed by atoms with Crippen molar-refractivity contribution in [3.8, 4) is 62.4 Å². The van der Waals surface area contributed by atoms with Crippen molar-refractivity contribution in [2.75, 3.05) is 0 Å². The molecule has 9 heterocycles. The van der Waals surface area contributed by atoms with Crippen molar-refractivity contribution in [3.63, 3.8) is 0 Å². The van der Waals surface area contributed by atoms with E-state index in [1.54, 1.807) is 0 Å². The van der Waals surface area contributed by atoms with Gasteiger partial charge in [-0.3, -0.25) is 26.9 Å². The number of nitrogens with zero attached hydrogens (tertiary/aromatic N) is 12. The van der Waals surface area contributed by atoms with Crippen molar-refractivity contribution in [2.45, 2.75) is 40.0 Å². The summed E-state index contributed by atoms with van der Waals surface area (Å²) in [5.74, 6) is 2.51. The van der Waals surface area contributed by atoms with Crippen LogP contribution in [0.3, 0.4) is 0 Å². The van der Waals surface area contributed by atoms with E-state index in [1.807, 2.05) is 24.3 Å². The third kappa shape index (κ3) is 12.3. The van der Waals surface area contributed by atoms with Gasteiger partial charge in [0.1, 0.15) is 16.9 Å². The Morgan fingerprint density at radius 1 is 0.191 bits per heavy atom. The highest BCUT2D eigenvalue weighted by molar-refractivity contribution is 6.25. The Morgan fingerprint density at radius 3 is 0.853 bits per heavy atom. The molecule has 0 radical (unpaired) electrons. The Kier molecular flexibility index (Phi) is 17.5. The molecule has 136 heavy (non-hydrogen) atoms. The van der Waals surface area contributed by atoms with Gasteiger partial charge in [-0.15, -0.1) is 0 Å². The minimum atomic E-state index is 0.116. The number of aromatic nitrogens is 12. The van der Waals surface area contributed by atoms with Crippen LogP contribution >= 0.6 is 0 Å². The van der Waals surface area contributed by atoms with E-state index in [9.17, 15) is 0 Å². The first-order chi connectivity index (χ1) is 66.9. The second-order valence-electron chi connectivity index (χ2n) is 37.1. The van der Waals surface area contributed by atoms with Crippen LogP contribution in [0.25, 0.3) is 254 Å². The van der Waals surface area contributed by atoms with Gasteiger partial charge in [0, 0.05) is 48.5 Å². The van der Waals surface area contributed by atoms with Gasteiger partial charge >= 0.3 is 0 Å². The molecule has 0 saturated heterocycles. The summed E-state index contributed by atoms with van der Waals surface area (Å²) < 4.78 is 13.7. The van der Waals surface area contributed by atoms with Crippen LogP contribution in [0.1, 0.15) is 37.5 Å². The number of hydrogen-bond acceptors (Lipinski definition) is 6. The summed E-state index contributed by atoms with van der Waals surface area (Å²) in [6.07, 6.45) is 0. The third-order valence-corrected chi connectivity index (χ3v) is 27.9. The fourth-order valence-corrected chi connectivity index (χ4v) is 21.6. The van der Waals surface area contributed by atoms with Gasteiger partial charge in [0.25, 0.3) is 0 Å². The lowest BCUT2D eigenvalue weighted by molar-refractivity contribution is 0.590. The highest BCUT2D eigenvalue weighted by Crippen LogP contribution is 2.46. The van der Waals surface area contributed by atoms with Gasteiger partial charge in [0.15, 0.2) is 0 Å². The Bertz CT molecular complexity index is 10100. The summed E-state index contributed by atoms with van der Waals surface area (Å²) in [6.45, 7) is 11.1. The number of rotatable bonds is 7. The molecule has 0 fully saturated rings. The normalized spacial score (nSPS) is 12.2. The number of imidazole rings is 3. The van der Waals surface area contributed by atoms with Gasteiger partial charge < -0.3 is 0 Å². The molecule has 0 unspecified atom stereocenters. The molecule has 0 bridgehead atoms. The molecule has 12 heteroatoms. The van der Waals surface area contributed by atoms with Crippen molar-refractivity contribution < 1.29 is 0 Å². The summed E-state index contributed by atoms with van der Waals surface area (Å²) in [4.78, 5) is 31.4. The number of hydrogen-bond donors (Lipinski definition) is 0. The molecule has 0 atom stereocenters. The Morgan fingerprint density at radius 2 is 0.478 bits per heavy atom. The van der Waals surface area contributed by atoms with Crippen LogP contribution in [0.2, 0.25) is 0 Å². The van der Waals surface area contributed by atoms with E-state index in [4.69, 9.17) is 29.9 Å². The predicted octanol–water partition coefficient (Wildman–Crippen LogP) is 31.6. The van der Waals surface area contributed by atoms with Crippen LogP contribution in [0, 0.1) is 13.8 Å². The number of aryl methyl sites for hydroxylation is 2. The van der Waals surface area contributed by atoms with E-state index >= 15 is 0 Å². The topological polar surface area (TPSA) is 105 Å². The molecule has 29 aromatic rings. The lowest BCUT2D eigenvalue weighted by Gasteiger charge is -2.19. The largest absolute Gasteiger partial charge is 0.279 e. The highest BCUT2D eigenvalue weighted by atomic mass is 15.3. The van der Waals surface area contributed by atoms with E-state index in [0.29, 0.717) is 0 Å². The summed E-state index contributed by atoms with van der Waals surface area (Å²) in [6, 6.07) is 150. The number of fused-ring (bicyclic) bond motifs is 31. The van der Waals surface area contributed by atoms with Crippen LogP contribution in [-0.2, 0) is 5.41 Å². The molecule has 29 rings (SSSR count). The standard InChI is InChI=1S/C46H28N4.C40H30N4.C38H26N4/c1-3-13-34-30(10-1)12-9-16-35(34)32-22-20-29(21-23-32)33-25-26-41-38(28-33)44-36-14-4-2-11-31(36)24-27-43(44)49(41)46-48-39-17-6-5-15-37(39)45-47-40-18-7-8-19-42(40)50(45)46;1-40(2,3)28-20-16-25(17-21-28)27-19-22-34-31(24-27)37-29-11-5-4-10-26(29)18-23-36(37)43(34)39-42-32-13-7-6-12-30(32)38-41-33-14-8-9-15-35(33)44(38)39;1-23-19-24(2)21-27(20-23)26-16-17-33-30(22-26)36-28-10-4-3-9-25(28)15-18-35(36)41(33)38-40-31-12-6-5-11-29(31)37-39-32-13-7-8-14-34(32)42(37)38/h1-28H;4-24H,1-3H3;3-22H,1-2H3. The van der Waals surface area contributed by atoms with E-state index in [1.165, 1.54) is 137 Å². The fraction of sp³-hybridized carbons (Fsp3) is 0.0484. The van der Waals surface area contributed by atoms with E-state index < -0.39 is 0 Å². The quantitative estimate of drug-likeness (QED) is 0.157. The Balaban J connectivity index is 0.000000104. The van der Waals surface area contributed by atoms with Gasteiger partial charge in [-0.05, 0) is 240 Å². The van der Waals surface area contributed by atoms with Crippen molar-refractivity contribution in [1.82, 2.24) is 56.8 Å². The van der Waals surface area contributed by atoms with Crippen LogP contribution in [0.15, 0.2) is 419 Å². The monoisotopic (exact) mass is 1740 g/mol. The maximum absolute atomic E-state index is 5.38. The second-order valence-corrected chi connectivity index (χ2v) is 37.1. The van der Waals surface area contributed by atoms with Gasteiger partial charge in [0.2, 0.25) is 17.8 Å². The first-order valence-corrected chi connectivity index (χ1v) is 46.5. The average molecular weight is 1740 g/mol. The Hall–Kier alpha value is -17.7. The molecule has 0 saturated carbocycles. The van der Waals surface area contributed by atoms with Gasteiger partial charge in [-0.2, -0.15) is 0 Å². The molecule has 0 N–H and O–H groups in total. The van der Waals surface area contributed by atoms with Crippen molar-refractivity contribution in [2.24, 2.45) is 0 Å². The minimum absolute atomic E-state index is 0.116. The molecular weight excluding hydrogens is 1660 g/mol. The van der Waals surface area contributed by atoms with Crippen LogP contribution in [0.5, 0.6) is 0 Å². The SMILES string of the molecule is CC(C)(C)c1ccc(-c2ccc3c(c2)c2c4ccccc4ccc2n3-c2nc3ccccc3c3nc4ccccc4n23)cc1.Cc1cc(C)cc(-c2ccc3c(c2)c2c4ccccc4ccc2n3-c2nc3ccccc3c3nc4ccccc4n23)c1.c1ccc2c(-c3ccc(-c4ccc5c(c4)c4c6ccccc6ccc4n5-c4nc5ccccc5c5nc6ccccc6n45)cc3)cccc2c1. The van der Waals surface area contributed by atoms with Crippen LogP contribution in [0.4, 0.5) is 0 Å². The van der Waals surface area contributed by atoms with E-state index in [0.717, 1.165) is 134 Å². The first kappa shape index (κ1) is 78.1. The molecule has 0 amide bonds. The number of para-hydroxylation sites is 9. The molecule has 12 nitrogen and oxygen atoms in total. The van der Waals surface area contributed by atoms with Crippen molar-refractivity contribution in [1.29, 1.82) is 0 Å². The highest BCUT2D eigenvalue weighted by Gasteiger charge is 2.28. The van der Waals surface area contributed by atoms with Crippen LogP contribution < -0.4 is 0 Å². The zero-order valence-electron chi connectivity index (χ0n) is 75.2. The molecular formula is C124H84N12. The van der Waals surface area contributed by atoms with Gasteiger partial charge in [0.05, 0.1) is 82.8 Å². The maximum Gasteiger partial charge on any atom is 0.221 e. The van der Waals surface area contributed by atoms with E-state index in [2.05, 4.69) is 456 Å². The zero-order valence-corrected chi connectivity index (χ0v) is 75.2. The molecule has 0 aliphatic carbocycles. The lowest BCUT2D eigenvalue weighted by Crippen LogP contribution is -2.10. The zero-order chi connectivity index (χ0) is 90.3. The van der Waals surface area contributed by atoms with Crippen molar-refractivity contribution >= 4 is 191 Å². The predicted molar refractivity (Wildman–Crippen MR) is 567 cm³/mol. The fourth-order valence-electron chi connectivity index (χ4n) is 21.6. The minimum Gasteiger partial charge on any atom is -0.279 e. The molecule has 20 aromatic carbocycles. The molecule has 0 spiro atoms. The average Bonchev–Trinajstić information content (AvgIpc) is 1.56. The Labute approximate surface area is 780 Å². The van der Waals surface area contributed by atoms with Crippen molar-refractivity contribution in [3.05, 3.63) is 435 Å². The maximum atomic E-state index is 5.38. The summed E-state index contributed by atoms with van der Waals surface area (Å²) >= 11 is 0. The first-order valence-electron chi connectivity index (χ1n) is 46.5. The summed E-state index contributed by atoms with van der Waals surface area (Å²) in [5.41, 5.74) is 31.9. The molecule has 0 aliphatic heterocycles. The molecule has 9 aromatic heterocycles. The van der Waals surface area contributed by atoms with Gasteiger partial charge in [-0.1, -0.05) is 323 Å². The second kappa shape index (κ2) is 30.4. The summed E-state index contributed by atoms with van der Waals surface area (Å²) in [7, 11) is 0. The van der Waals surface area contributed by atoms with Crippen LogP contribution in [-0.4, -0.2) is 56.8 Å².